The van der Waals surface area contributed by atoms with Gasteiger partial charge in [-0.25, -0.2) is 19.3 Å². The minimum Gasteiger partial charge on any atom is -0.478 e. The lowest BCUT2D eigenvalue weighted by atomic mass is 10.1. The SMILES string of the molecule is Cc1cccc(-c2[nH]c(N(C)c3ccc(C(=O)O)cc3)nc2-c2ccc3ncnn3c2)n1. The Bertz CT molecular complexity index is 1440. The number of benzene rings is 1. The monoisotopic (exact) mass is 425 g/mol. The molecule has 9 nitrogen and oxygen atoms in total. The molecule has 0 fully saturated rings. The summed E-state index contributed by atoms with van der Waals surface area (Å²) in [5, 5.41) is 13.4. The molecule has 32 heavy (non-hydrogen) atoms. The van der Waals surface area contributed by atoms with Crippen LogP contribution in [0.15, 0.2) is 67.1 Å². The summed E-state index contributed by atoms with van der Waals surface area (Å²) in [6, 6.07) is 16.3. The Morgan fingerprint density at radius 1 is 1.06 bits per heavy atom. The number of imidazole rings is 1. The molecule has 9 heteroatoms. The number of fused-ring (bicyclic) bond motifs is 1. The highest BCUT2D eigenvalue weighted by molar-refractivity contribution is 5.88. The smallest absolute Gasteiger partial charge is 0.335 e. The second-order valence-corrected chi connectivity index (χ2v) is 7.34. The van der Waals surface area contributed by atoms with Gasteiger partial charge in [0, 0.05) is 30.2 Å². The zero-order chi connectivity index (χ0) is 22.2. The van der Waals surface area contributed by atoms with Crippen molar-refractivity contribution in [1.82, 2.24) is 29.5 Å². The quantitative estimate of drug-likeness (QED) is 0.438. The van der Waals surface area contributed by atoms with Gasteiger partial charge in [-0.1, -0.05) is 6.07 Å². The normalized spacial score (nSPS) is 11.1. The van der Waals surface area contributed by atoms with Crippen molar-refractivity contribution >= 4 is 23.3 Å². The maximum absolute atomic E-state index is 11.2. The molecule has 4 heterocycles. The van der Waals surface area contributed by atoms with Crippen LogP contribution >= 0.6 is 0 Å². The molecule has 0 amide bonds. The summed E-state index contributed by atoms with van der Waals surface area (Å²) in [6.45, 7) is 1.94. The number of carboxylic acid groups (broad SMARTS) is 1. The number of rotatable bonds is 5. The van der Waals surface area contributed by atoms with Gasteiger partial charge in [0.2, 0.25) is 5.95 Å². The summed E-state index contributed by atoms with van der Waals surface area (Å²) >= 11 is 0. The third-order valence-corrected chi connectivity index (χ3v) is 5.20. The van der Waals surface area contributed by atoms with Crippen LogP contribution in [0, 0.1) is 6.92 Å². The number of H-pyrrole nitrogens is 1. The maximum Gasteiger partial charge on any atom is 0.335 e. The largest absolute Gasteiger partial charge is 0.478 e. The van der Waals surface area contributed by atoms with E-state index in [-0.39, 0.29) is 5.56 Å². The number of anilines is 2. The third-order valence-electron chi connectivity index (χ3n) is 5.20. The number of aryl methyl sites for hydroxylation is 1. The van der Waals surface area contributed by atoms with E-state index in [1.54, 1.807) is 28.8 Å². The number of aromatic carboxylic acids is 1. The van der Waals surface area contributed by atoms with Gasteiger partial charge >= 0.3 is 5.97 Å². The number of nitrogens with zero attached hydrogens (tertiary/aromatic N) is 6. The first-order valence-corrected chi connectivity index (χ1v) is 9.90. The van der Waals surface area contributed by atoms with E-state index in [4.69, 9.17) is 10.1 Å². The fourth-order valence-corrected chi connectivity index (χ4v) is 3.50. The van der Waals surface area contributed by atoms with Crippen molar-refractivity contribution in [3.63, 3.8) is 0 Å². The fourth-order valence-electron chi connectivity index (χ4n) is 3.50. The zero-order valence-corrected chi connectivity index (χ0v) is 17.4. The van der Waals surface area contributed by atoms with Crippen LogP contribution in [0.2, 0.25) is 0 Å². The van der Waals surface area contributed by atoms with Gasteiger partial charge in [-0.3, -0.25) is 4.98 Å². The van der Waals surface area contributed by atoms with Gasteiger partial charge in [-0.05, 0) is 55.5 Å². The Hall–Kier alpha value is -4.53. The lowest BCUT2D eigenvalue weighted by Crippen LogP contribution is -2.11. The van der Waals surface area contributed by atoms with Crippen LogP contribution in [0.1, 0.15) is 16.1 Å². The summed E-state index contributed by atoms with van der Waals surface area (Å²) in [5.74, 6) is -0.365. The van der Waals surface area contributed by atoms with Crippen LogP contribution < -0.4 is 4.90 Å². The van der Waals surface area contributed by atoms with Gasteiger partial charge in [-0.2, -0.15) is 5.10 Å². The molecule has 0 aliphatic carbocycles. The highest BCUT2D eigenvalue weighted by Gasteiger charge is 2.19. The highest BCUT2D eigenvalue weighted by atomic mass is 16.4. The third kappa shape index (κ3) is 3.45. The van der Waals surface area contributed by atoms with Crippen molar-refractivity contribution in [1.29, 1.82) is 0 Å². The van der Waals surface area contributed by atoms with E-state index in [2.05, 4.69) is 20.1 Å². The number of hydrogen-bond donors (Lipinski definition) is 2. The molecule has 0 atom stereocenters. The van der Waals surface area contributed by atoms with E-state index in [0.717, 1.165) is 39.7 Å². The first-order valence-electron chi connectivity index (χ1n) is 9.90. The lowest BCUT2D eigenvalue weighted by molar-refractivity contribution is 0.0697. The number of carbonyl (C=O) groups is 1. The van der Waals surface area contributed by atoms with Crippen LogP contribution in [0.4, 0.5) is 11.6 Å². The van der Waals surface area contributed by atoms with Gasteiger partial charge in [0.15, 0.2) is 5.65 Å². The van der Waals surface area contributed by atoms with Gasteiger partial charge in [0.25, 0.3) is 0 Å². The molecule has 2 N–H and O–H groups in total. The molecule has 1 aromatic carbocycles. The van der Waals surface area contributed by atoms with Crippen molar-refractivity contribution in [3.05, 3.63) is 78.4 Å². The number of aromatic amines is 1. The summed E-state index contributed by atoms with van der Waals surface area (Å²) < 4.78 is 1.70. The summed E-state index contributed by atoms with van der Waals surface area (Å²) in [7, 11) is 1.87. The average molecular weight is 425 g/mol. The second kappa shape index (κ2) is 7.62. The Morgan fingerprint density at radius 2 is 1.88 bits per heavy atom. The molecule has 0 unspecified atom stereocenters. The van der Waals surface area contributed by atoms with Crippen LogP contribution in [-0.4, -0.2) is 47.7 Å². The van der Waals surface area contributed by atoms with Gasteiger partial charge in [-0.15, -0.1) is 0 Å². The standard InChI is InChI=1S/C23H19N7O2/c1-14-4-3-5-18(26-14)21-20(16-8-11-19-24-13-25-30(19)12-16)27-23(28-21)29(2)17-9-6-15(7-10-17)22(31)32/h3-13H,1-2H3,(H,27,28)(H,31,32). The summed E-state index contributed by atoms with van der Waals surface area (Å²) in [4.78, 5) is 30.2. The molecule has 0 saturated carbocycles. The molecule has 4 aromatic heterocycles. The highest BCUT2D eigenvalue weighted by Crippen LogP contribution is 2.33. The first-order chi connectivity index (χ1) is 15.5. The predicted molar refractivity (Wildman–Crippen MR) is 120 cm³/mol. The molecule has 0 aliphatic rings. The topological polar surface area (TPSA) is 112 Å². The van der Waals surface area contributed by atoms with Gasteiger partial charge in [0.1, 0.15) is 12.0 Å². The van der Waals surface area contributed by atoms with E-state index in [0.29, 0.717) is 5.95 Å². The van der Waals surface area contributed by atoms with Crippen LogP contribution in [0.3, 0.4) is 0 Å². The summed E-state index contributed by atoms with van der Waals surface area (Å²) in [6.07, 6.45) is 3.38. The van der Waals surface area contributed by atoms with Crippen molar-refractivity contribution in [2.24, 2.45) is 0 Å². The average Bonchev–Trinajstić information content (AvgIpc) is 3.45. The molecule has 0 aliphatic heterocycles. The van der Waals surface area contributed by atoms with E-state index in [1.165, 1.54) is 6.33 Å². The number of pyridine rings is 2. The van der Waals surface area contributed by atoms with Crippen molar-refractivity contribution in [2.75, 3.05) is 11.9 Å². The molecular formula is C23H19N7O2. The van der Waals surface area contributed by atoms with E-state index in [1.807, 2.05) is 55.4 Å². The maximum atomic E-state index is 11.2. The Kier molecular flexibility index (Phi) is 4.63. The molecule has 0 spiro atoms. The lowest BCUT2D eigenvalue weighted by Gasteiger charge is -2.16. The molecule has 0 bridgehead atoms. The Morgan fingerprint density at radius 3 is 2.62 bits per heavy atom. The van der Waals surface area contributed by atoms with Crippen LogP contribution in [-0.2, 0) is 0 Å². The van der Waals surface area contributed by atoms with Crippen LogP contribution in [0.5, 0.6) is 0 Å². The fraction of sp³-hybridized carbons (Fsp3) is 0.0870. The number of aromatic nitrogens is 6. The molecule has 158 valence electrons. The number of hydrogen-bond acceptors (Lipinski definition) is 6. The second-order valence-electron chi connectivity index (χ2n) is 7.34. The number of carboxylic acids is 1. The van der Waals surface area contributed by atoms with Crippen LogP contribution in [0.25, 0.3) is 28.3 Å². The van der Waals surface area contributed by atoms with Crippen molar-refractivity contribution < 1.29 is 9.90 Å². The molecule has 0 saturated heterocycles. The van der Waals surface area contributed by atoms with Gasteiger partial charge < -0.3 is 15.0 Å². The number of nitrogens with one attached hydrogen (secondary N) is 1. The van der Waals surface area contributed by atoms with Crippen molar-refractivity contribution in [2.45, 2.75) is 6.92 Å². The molecule has 5 aromatic rings. The molecular weight excluding hydrogens is 406 g/mol. The van der Waals surface area contributed by atoms with E-state index in [9.17, 15) is 4.79 Å². The zero-order valence-electron chi connectivity index (χ0n) is 17.4. The molecule has 5 rings (SSSR count). The summed E-state index contributed by atoms with van der Waals surface area (Å²) in [5.41, 5.74) is 5.80. The van der Waals surface area contributed by atoms with Gasteiger partial charge in [0.05, 0.1) is 17.0 Å². The minimum atomic E-state index is -0.962. The Balaban J connectivity index is 1.62. The first kappa shape index (κ1) is 19.4. The van der Waals surface area contributed by atoms with E-state index < -0.39 is 5.97 Å². The predicted octanol–water partition coefficient (Wildman–Crippen LogP) is 3.96. The molecule has 0 radical (unpaired) electrons. The minimum absolute atomic E-state index is 0.230. The van der Waals surface area contributed by atoms with E-state index >= 15 is 0 Å². The van der Waals surface area contributed by atoms with Crippen molar-refractivity contribution in [3.8, 4) is 22.6 Å². The Labute approximate surface area is 183 Å².